The van der Waals surface area contributed by atoms with Gasteiger partial charge in [0.05, 0.1) is 5.69 Å². The number of nitrogen functional groups attached to an aromatic ring is 2. The van der Waals surface area contributed by atoms with Gasteiger partial charge >= 0.3 is 5.51 Å². The van der Waals surface area contributed by atoms with E-state index < -0.39 is 25.9 Å². The number of rotatable bonds is 1. The topological polar surface area (TPSA) is 86.2 Å². The van der Waals surface area contributed by atoms with Crippen molar-refractivity contribution < 1.29 is 21.6 Å². The van der Waals surface area contributed by atoms with Crippen LogP contribution in [0.2, 0.25) is 0 Å². The summed E-state index contributed by atoms with van der Waals surface area (Å²) in [6.45, 7) is 0. The molecule has 0 atom stereocenters. The Balaban J connectivity index is 3.47. The van der Waals surface area contributed by atoms with Gasteiger partial charge in [0.1, 0.15) is 4.90 Å². The molecule has 84 valence electrons. The summed E-state index contributed by atoms with van der Waals surface area (Å²) >= 11 is 0. The fourth-order valence-corrected chi connectivity index (χ4v) is 1.83. The van der Waals surface area contributed by atoms with Crippen LogP contribution in [0.3, 0.4) is 0 Å². The summed E-state index contributed by atoms with van der Waals surface area (Å²) in [5.41, 5.74) is 4.35. The van der Waals surface area contributed by atoms with Gasteiger partial charge in [0.2, 0.25) is 0 Å². The Bertz CT molecular complexity index is 481. The van der Waals surface area contributed by atoms with Crippen LogP contribution in [0.5, 0.6) is 0 Å². The van der Waals surface area contributed by atoms with E-state index in [-0.39, 0.29) is 5.69 Å². The molecule has 0 amide bonds. The molecule has 4 nitrogen and oxygen atoms in total. The Labute approximate surface area is 83.6 Å². The highest BCUT2D eigenvalue weighted by Crippen LogP contribution is 2.33. The maximum atomic E-state index is 12.1. The summed E-state index contributed by atoms with van der Waals surface area (Å²) in [7, 11) is -5.43. The number of benzene rings is 1. The van der Waals surface area contributed by atoms with E-state index in [0.717, 1.165) is 6.07 Å². The predicted octanol–water partition coefficient (Wildman–Crippen LogP) is 1.14. The first-order valence-electron chi connectivity index (χ1n) is 3.62. The van der Waals surface area contributed by atoms with Gasteiger partial charge in [-0.2, -0.15) is 13.2 Å². The average Bonchev–Trinajstić information content (AvgIpc) is 2.07. The number of nitrogens with two attached hydrogens (primary N) is 2. The number of hydrogen-bond donors (Lipinski definition) is 2. The van der Waals surface area contributed by atoms with E-state index in [2.05, 4.69) is 0 Å². The molecule has 0 aromatic heterocycles. The van der Waals surface area contributed by atoms with Crippen molar-refractivity contribution in [2.24, 2.45) is 0 Å². The van der Waals surface area contributed by atoms with Gasteiger partial charge in [-0.25, -0.2) is 8.42 Å². The normalized spacial score (nSPS) is 12.7. The average molecular weight is 240 g/mol. The fourth-order valence-electron chi connectivity index (χ4n) is 0.908. The van der Waals surface area contributed by atoms with Crippen molar-refractivity contribution in [1.82, 2.24) is 0 Å². The van der Waals surface area contributed by atoms with Crippen LogP contribution in [-0.2, 0) is 9.84 Å². The smallest absolute Gasteiger partial charge is 0.399 e. The molecule has 0 unspecified atom stereocenters. The minimum Gasteiger partial charge on any atom is -0.399 e. The Hall–Kier alpha value is -1.44. The second-order valence-corrected chi connectivity index (χ2v) is 4.66. The van der Waals surface area contributed by atoms with Crippen molar-refractivity contribution in [2.45, 2.75) is 10.4 Å². The first-order valence-corrected chi connectivity index (χ1v) is 5.11. The number of sulfone groups is 1. The summed E-state index contributed by atoms with van der Waals surface area (Å²) in [6.07, 6.45) is 0. The first-order chi connectivity index (χ1) is 6.66. The highest BCUT2D eigenvalue weighted by molar-refractivity contribution is 7.92. The molecule has 0 spiro atoms. The lowest BCUT2D eigenvalue weighted by Crippen LogP contribution is -2.24. The van der Waals surface area contributed by atoms with E-state index in [4.69, 9.17) is 11.5 Å². The monoisotopic (exact) mass is 240 g/mol. The lowest BCUT2D eigenvalue weighted by molar-refractivity contribution is -0.0435. The largest absolute Gasteiger partial charge is 0.501 e. The molecule has 0 fully saturated rings. The molecule has 0 bridgehead atoms. The van der Waals surface area contributed by atoms with Gasteiger partial charge in [-0.05, 0) is 18.2 Å². The van der Waals surface area contributed by atoms with Gasteiger partial charge in [-0.1, -0.05) is 0 Å². The second kappa shape index (κ2) is 3.30. The number of anilines is 2. The molecule has 1 aromatic rings. The van der Waals surface area contributed by atoms with Crippen molar-refractivity contribution in [3.8, 4) is 0 Å². The second-order valence-electron chi connectivity index (χ2n) is 2.75. The molecule has 1 aromatic carbocycles. The molecule has 15 heavy (non-hydrogen) atoms. The molecule has 0 radical (unpaired) electrons. The molecule has 8 heteroatoms. The van der Waals surface area contributed by atoms with Crippen molar-refractivity contribution in [2.75, 3.05) is 11.5 Å². The van der Waals surface area contributed by atoms with E-state index in [1.807, 2.05) is 0 Å². The summed E-state index contributed by atoms with van der Waals surface area (Å²) in [6, 6.07) is 2.90. The molecule has 1 rings (SSSR count). The maximum absolute atomic E-state index is 12.1. The van der Waals surface area contributed by atoms with Gasteiger partial charge in [0.25, 0.3) is 9.84 Å². The predicted molar refractivity (Wildman–Crippen MR) is 48.5 cm³/mol. The molecular formula is C7H7F3N2O2S. The summed E-state index contributed by atoms with van der Waals surface area (Å²) in [5.74, 6) is 0. The van der Waals surface area contributed by atoms with Crippen LogP contribution < -0.4 is 11.5 Å². The van der Waals surface area contributed by atoms with Crippen LogP contribution in [0.25, 0.3) is 0 Å². The molecule has 4 N–H and O–H groups in total. The van der Waals surface area contributed by atoms with E-state index in [1.54, 1.807) is 0 Å². The highest BCUT2D eigenvalue weighted by atomic mass is 32.2. The molecule has 0 aliphatic heterocycles. The third-order valence-electron chi connectivity index (χ3n) is 1.63. The zero-order valence-corrected chi connectivity index (χ0v) is 8.06. The SMILES string of the molecule is Nc1ccc(N)c(S(=O)(=O)C(F)(F)F)c1. The lowest BCUT2D eigenvalue weighted by Gasteiger charge is -2.10. The zero-order valence-electron chi connectivity index (χ0n) is 7.25. The fraction of sp³-hybridized carbons (Fsp3) is 0.143. The zero-order chi connectivity index (χ0) is 11.9. The van der Waals surface area contributed by atoms with Gasteiger partial charge < -0.3 is 11.5 Å². The van der Waals surface area contributed by atoms with E-state index in [1.165, 1.54) is 6.07 Å². The van der Waals surface area contributed by atoms with Crippen molar-refractivity contribution >= 4 is 21.2 Å². The number of hydrogen-bond acceptors (Lipinski definition) is 4. The summed E-state index contributed by atoms with van der Waals surface area (Å²) in [5, 5.41) is 0. The Morgan fingerprint density at radius 3 is 2.13 bits per heavy atom. The molecule has 0 saturated heterocycles. The van der Waals surface area contributed by atoms with Crippen LogP contribution in [0.1, 0.15) is 0 Å². The molecule has 0 heterocycles. The van der Waals surface area contributed by atoms with Crippen molar-refractivity contribution in [3.05, 3.63) is 18.2 Å². The van der Waals surface area contributed by atoms with E-state index in [9.17, 15) is 21.6 Å². The van der Waals surface area contributed by atoms with Crippen LogP contribution in [0.15, 0.2) is 23.1 Å². The van der Waals surface area contributed by atoms with Gasteiger partial charge in [-0.15, -0.1) is 0 Å². The summed E-state index contributed by atoms with van der Waals surface area (Å²) in [4.78, 5) is -1.02. The van der Waals surface area contributed by atoms with Crippen molar-refractivity contribution in [3.63, 3.8) is 0 Å². The molecule has 0 aliphatic rings. The van der Waals surface area contributed by atoms with Crippen LogP contribution in [-0.4, -0.2) is 13.9 Å². The van der Waals surface area contributed by atoms with Gasteiger partial charge in [-0.3, -0.25) is 0 Å². The minimum absolute atomic E-state index is 0.105. The van der Waals surface area contributed by atoms with Gasteiger partial charge in [0.15, 0.2) is 0 Å². The van der Waals surface area contributed by atoms with Crippen LogP contribution in [0, 0.1) is 0 Å². The highest BCUT2D eigenvalue weighted by Gasteiger charge is 2.47. The Kier molecular flexibility index (Phi) is 2.56. The van der Waals surface area contributed by atoms with Crippen molar-refractivity contribution in [1.29, 1.82) is 0 Å². The van der Waals surface area contributed by atoms with Crippen LogP contribution >= 0.6 is 0 Å². The first kappa shape index (κ1) is 11.6. The number of alkyl halides is 3. The Morgan fingerprint density at radius 1 is 1.13 bits per heavy atom. The minimum atomic E-state index is -5.43. The number of halogens is 3. The third kappa shape index (κ3) is 1.99. The van der Waals surface area contributed by atoms with Crippen LogP contribution in [0.4, 0.5) is 24.5 Å². The third-order valence-corrected chi connectivity index (χ3v) is 3.17. The summed E-state index contributed by atoms with van der Waals surface area (Å²) < 4.78 is 58.4. The standard InChI is InChI=1S/C7H7F3N2O2S/c8-7(9,10)15(13,14)6-3-4(11)1-2-5(6)12/h1-3H,11-12H2. The van der Waals surface area contributed by atoms with E-state index >= 15 is 0 Å². The molecule has 0 saturated carbocycles. The quantitative estimate of drug-likeness (QED) is 0.721. The van der Waals surface area contributed by atoms with E-state index in [0.29, 0.717) is 6.07 Å². The molecular weight excluding hydrogens is 233 g/mol. The Morgan fingerprint density at radius 2 is 1.67 bits per heavy atom. The lowest BCUT2D eigenvalue weighted by atomic mass is 10.3. The molecule has 0 aliphatic carbocycles. The maximum Gasteiger partial charge on any atom is 0.501 e. The van der Waals surface area contributed by atoms with Gasteiger partial charge in [0, 0.05) is 5.69 Å².